The lowest BCUT2D eigenvalue weighted by atomic mass is 10.0. The summed E-state index contributed by atoms with van der Waals surface area (Å²) >= 11 is 0. The summed E-state index contributed by atoms with van der Waals surface area (Å²) in [6.07, 6.45) is -9.90. The second-order valence-electron chi connectivity index (χ2n) is 5.68. The highest BCUT2D eigenvalue weighted by molar-refractivity contribution is 5.86. The van der Waals surface area contributed by atoms with Gasteiger partial charge in [-0.25, -0.2) is 0 Å². The molecule has 2 N–H and O–H groups in total. The van der Waals surface area contributed by atoms with Gasteiger partial charge in [0.1, 0.15) is 0 Å². The van der Waals surface area contributed by atoms with Crippen LogP contribution in [0.3, 0.4) is 0 Å². The van der Waals surface area contributed by atoms with Crippen LogP contribution in [-0.2, 0) is 28.5 Å². The Morgan fingerprint density at radius 1 is 1.08 bits per heavy atom. The Balaban J connectivity index is 2.08. The van der Waals surface area contributed by atoms with Crippen LogP contribution in [0.4, 0.5) is 26.3 Å². The van der Waals surface area contributed by atoms with Gasteiger partial charge in [0, 0.05) is 19.6 Å². The summed E-state index contributed by atoms with van der Waals surface area (Å²) in [5.74, 6) is -0.990. The first-order chi connectivity index (χ1) is 12.0. The largest absolute Gasteiger partial charge is 0.416 e. The number of nitrogens with one attached hydrogen (secondary N) is 2. The molecule has 1 aromatic rings. The van der Waals surface area contributed by atoms with E-state index in [4.69, 9.17) is 0 Å². The van der Waals surface area contributed by atoms with Gasteiger partial charge in [0.15, 0.2) is 0 Å². The molecular formula is C15H15F6N3O2. The first-order valence-electron chi connectivity index (χ1n) is 7.50. The number of benzene rings is 1. The van der Waals surface area contributed by atoms with Gasteiger partial charge >= 0.3 is 12.4 Å². The molecule has 0 aliphatic carbocycles. The number of amides is 2. The third kappa shape index (κ3) is 5.35. The lowest BCUT2D eigenvalue weighted by Crippen LogP contribution is -2.51. The summed E-state index contributed by atoms with van der Waals surface area (Å²) in [7, 11) is 0. The van der Waals surface area contributed by atoms with Gasteiger partial charge in [-0.15, -0.1) is 0 Å². The van der Waals surface area contributed by atoms with E-state index in [1.807, 2.05) is 0 Å². The van der Waals surface area contributed by atoms with Gasteiger partial charge in [-0.3, -0.25) is 9.59 Å². The quantitative estimate of drug-likeness (QED) is 0.780. The first kappa shape index (κ1) is 20.0. The summed E-state index contributed by atoms with van der Waals surface area (Å²) < 4.78 is 76.7. The number of carbonyl (C=O) groups excluding carboxylic acids is 2. The highest BCUT2D eigenvalue weighted by Crippen LogP contribution is 2.36. The number of nitrogens with zero attached hydrogens (tertiary/aromatic N) is 1. The number of halogens is 6. The van der Waals surface area contributed by atoms with Crippen LogP contribution in [-0.4, -0.2) is 42.9 Å². The number of rotatable bonds is 4. The van der Waals surface area contributed by atoms with Gasteiger partial charge in [0.05, 0.1) is 24.2 Å². The van der Waals surface area contributed by atoms with Crippen LogP contribution in [0.15, 0.2) is 18.2 Å². The lowest BCUT2D eigenvalue weighted by Gasteiger charge is -2.26. The standard InChI is InChI=1S/C15H15F6N3O2/c16-14(17,18)10-3-9(4-11(5-10)15(19,20)21)6-23-12(25)8-24-2-1-22-7-13(24)26/h3-5,22H,1-2,6-8H2,(H,23,25). The summed E-state index contributed by atoms with van der Waals surface area (Å²) in [4.78, 5) is 24.6. The van der Waals surface area contributed by atoms with E-state index in [2.05, 4.69) is 10.6 Å². The van der Waals surface area contributed by atoms with E-state index in [0.717, 1.165) is 0 Å². The predicted molar refractivity (Wildman–Crippen MR) is 77.7 cm³/mol. The van der Waals surface area contributed by atoms with Crippen LogP contribution < -0.4 is 10.6 Å². The van der Waals surface area contributed by atoms with Gasteiger partial charge in [0.25, 0.3) is 0 Å². The van der Waals surface area contributed by atoms with Crippen molar-refractivity contribution < 1.29 is 35.9 Å². The minimum atomic E-state index is -4.95. The van der Waals surface area contributed by atoms with Crippen LogP contribution >= 0.6 is 0 Å². The number of piperazine rings is 1. The molecule has 0 radical (unpaired) electrons. The van der Waals surface area contributed by atoms with Crippen LogP contribution in [0.5, 0.6) is 0 Å². The fourth-order valence-corrected chi connectivity index (χ4v) is 2.36. The van der Waals surface area contributed by atoms with Crippen LogP contribution in [0.1, 0.15) is 16.7 Å². The normalized spacial score (nSPS) is 15.9. The molecule has 144 valence electrons. The molecule has 1 fully saturated rings. The number of carbonyl (C=O) groups is 2. The minimum Gasteiger partial charge on any atom is -0.350 e. The highest BCUT2D eigenvalue weighted by atomic mass is 19.4. The summed E-state index contributed by atoms with van der Waals surface area (Å²) in [6, 6.07) is 1.11. The molecule has 2 amide bonds. The first-order valence-corrected chi connectivity index (χ1v) is 7.50. The molecule has 1 aliphatic rings. The Bertz CT molecular complexity index is 655. The number of alkyl halides is 6. The van der Waals surface area contributed by atoms with Crippen molar-refractivity contribution in [2.45, 2.75) is 18.9 Å². The molecule has 1 aliphatic heterocycles. The molecule has 26 heavy (non-hydrogen) atoms. The highest BCUT2D eigenvalue weighted by Gasteiger charge is 2.36. The maximum absolute atomic E-state index is 12.8. The number of hydrogen-bond acceptors (Lipinski definition) is 3. The zero-order valence-electron chi connectivity index (χ0n) is 13.3. The minimum absolute atomic E-state index is 0.0186. The summed E-state index contributed by atoms with van der Waals surface area (Å²) in [5, 5.41) is 5.04. The van der Waals surface area contributed by atoms with Crippen molar-refractivity contribution in [2.75, 3.05) is 26.2 Å². The Kier molecular flexibility index (Phi) is 5.79. The second kappa shape index (κ2) is 7.52. The average molecular weight is 383 g/mol. The third-order valence-corrected chi connectivity index (χ3v) is 3.66. The molecule has 5 nitrogen and oxygen atoms in total. The Labute approximate surface area is 144 Å². The van der Waals surface area contributed by atoms with Crippen molar-refractivity contribution in [3.05, 3.63) is 34.9 Å². The van der Waals surface area contributed by atoms with Gasteiger partial charge < -0.3 is 15.5 Å². The Morgan fingerprint density at radius 2 is 1.65 bits per heavy atom. The van der Waals surface area contributed by atoms with E-state index < -0.39 is 35.9 Å². The molecule has 1 aromatic carbocycles. The van der Waals surface area contributed by atoms with Crippen molar-refractivity contribution in [1.82, 2.24) is 15.5 Å². The maximum atomic E-state index is 12.8. The predicted octanol–water partition coefficient (Wildman–Crippen LogP) is 1.77. The lowest BCUT2D eigenvalue weighted by molar-refractivity contribution is -0.143. The zero-order valence-corrected chi connectivity index (χ0v) is 13.3. The maximum Gasteiger partial charge on any atom is 0.416 e. The van der Waals surface area contributed by atoms with Crippen molar-refractivity contribution >= 4 is 11.8 Å². The van der Waals surface area contributed by atoms with Gasteiger partial charge in [0.2, 0.25) is 11.8 Å². The van der Waals surface area contributed by atoms with Crippen molar-refractivity contribution in [2.24, 2.45) is 0 Å². The molecular weight excluding hydrogens is 368 g/mol. The topological polar surface area (TPSA) is 61.4 Å². The molecule has 0 aromatic heterocycles. The zero-order chi connectivity index (χ0) is 19.5. The van der Waals surface area contributed by atoms with Crippen molar-refractivity contribution in [3.8, 4) is 0 Å². The van der Waals surface area contributed by atoms with Crippen LogP contribution in [0, 0.1) is 0 Å². The molecule has 1 saturated heterocycles. The van der Waals surface area contributed by atoms with E-state index in [1.54, 1.807) is 0 Å². The summed E-state index contributed by atoms with van der Waals surface area (Å²) in [6.45, 7) is 0.00317. The molecule has 0 atom stereocenters. The molecule has 0 unspecified atom stereocenters. The molecule has 0 spiro atoms. The fraction of sp³-hybridized carbons (Fsp3) is 0.467. The molecule has 1 heterocycles. The fourth-order valence-electron chi connectivity index (χ4n) is 2.36. The van der Waals surface area contributed by atoms with E-state index in [-0.39, 0.29) is 37.2 Å². The van der Waals surface area contributed by atoms with Crippen LogP contribution in [0.25, 0.3) is 0 Å². The Hall–Kier alpha value is -2.30. The summed E-state index contributed by atoms with van der Waals surface area (Å²) in [5.41, 5.74) is -3.24. The van der Waals surface area contributed by atoms with Gasteiger partial charge in [-0.1, -0.05) is 0 Å². The molecule has 2 rings (SSSR count). The third-order valence-electron chi connectivity index (χ3n) is 3.66. The SMILES string of the molecule is O=C(CN1CCNCC1=O)NCc1cc(C(F)(F)F)cc(C(F)(F)F)c1. The van der Waals surface area contributed by atoms with E-state index in [0.29, 0.717) is 18.7 Å². The average Bonchev–Trinajstić information content (AvgIpc) is 2.53. The number of hydrogen-bond donors (Lipinski definition) is 2. The second-order valence-corrected chi connectivity index (χ2v) is 5.68. The monoisotopic (exact) mass is 383 g/mol. The van der Waals surface area contributed by atoms with E-state index >= 15 is 0 Å². The van der Waals surface area contributed by atoms with E-state index in [1.165, 1.54) is 4.90 Å². The van der Waals surface area contributed by atoms with E-state index in [9.17, 15) is 35.9 Å². The molecule has 0 saturated carbocycles. The van der Waals surface area contributed by atoms with Crippen LogP contribution in [0.2, 0.25) is 0 Å². The molecule has 11 heteroatoms. The van der Waals surface area contributed by atoms with Crippen molar-refractivity contribution in [1.29, 1.82) is 0 Å². The Morgan fingerprint density at radius 3 is 2.15 bits per heavy atom. The van der Waals surface area contributed by atoms with Gasteiger partial charge in [-0.2, -0.15) is 26.3 Å². The van der Waals surface area contributed by atoms with Gasteiger partial charge in [-0.05, 0) is 23.8 Å². The smallest absolute Gasteiger partial charge is 0.350 e. The molecule has 0 bridgehead atoms. The van der Waals surface area contributed by atoms with Crippen molar-refractivity contribution in [3.63, 3.8) is 0 Å².